The second-order valence-electron chi connectivity index (χ2n) is 3.37. The zero-order valence-electron chi connectivity index (χ0n) is 8.04. The van der Waals surface area contributed by atoms with Crippen molar-refractivity contribution >= 4 is 21.9 Å². The van der Waals surface area contributed by atoms with Crippen LogP contribution in [-0.4, -0.2) is 24.6 Å². The molecule has 1 aliphatic rings. The van der Waals surface area contributed by atoms with Gasteiger partial charge in [-0.05, 0) is 18.2 Å². The van der Waals surface area contributed by atoms with E-state index >= 15 is 0 Å². The Hall–Kier alpha value is -1.82. The molecule has 2 rings (SSSR count). The molecular formula is C10H8O5S. The molecule has 0 spiro atoms. The topological polar surface area (TPSA) is 91.7 Å². The number of carboxylic acids is 1. The normalized spacial score (nSPS) is 16.6. The van der Waals surface area contributed by atoms with E-state index in [1.165, 1.54) is 24.3 Å². The quantitative estimate of drug-likeness (QED) is 0.804. The van der Waals surface area contributed by atoms with Gasteiger partial charge in [0, 0.05) is 5.56 Å². The fourth-order valence-corrected chi connectivity index (χ4v) is 3.17. The van der Waals surface area contributed by atoms with E-state index in [9.17, 15) is 18.3 Å². The molecule has 0 amide bonds. The molecule has 0 radical (unpaired) electrons. The molecule has 2 N–H and O–H groups in total. The summed E-state index contributed by atoms with van der Waals surface area (Å²) in [6, 6.07) is 4.10. The number of hydrogen-bond donors (Lipinski definition) is 2. The van der Waals surface area contributed by atoms with Gasteiger partial charge in [0.1, 0.15) is 5.75 Å². The number of fused-ring (bicyclic) bond motifs is 1. The van der Waals surface area contributed by atoms with E-state index in [0.717, 1.165) is 0 Å². The predicted octanol–water partition coefficient (Wildman–Crippen LogP) is 0.995. The number of sulfone groups is 1. The fraction of sp³-hybridized carbons (Fsp3) is 0.100. The number of aromatic hydroxyl groups is 1. The van der Waals surface area contributed by atoms with Gasteiger partial charge in [-0.3, -0.25) is 4.79 Å². The lowest BCUT2D eigenvalue weighted by atomic mass is 10.2. The highest BCUT2D eigenvalue weighted by molar-refractivity contribution is 7.95. The molecule has 5 nitrogen and oxygen atoms in total. The van der Waals surface area contributed by atoms with E-state index in [0.29, 0.717) is 0 Å². The van der Waals surface area contributed by atoms with Crippen molar-refractivity contribution in [3.63, 3.8) is 0 Å². The molecule has 1 aromatic carbocycles. The maximum Gasteiger partial charge on any atom is 0.308 e. The zero-order chi connectivity index (χ0) is 11.9. The minimum atomic E-state index is -3.74. The van der Waals surface area contributed by atoms with Crippen LogP contribution >= 0.6 is 0 Å². The molecule has 0 saturated heterocycles. The molecule has 0 aromatic heterocycles. The van der Waals surface area contributed by atoms with E-state index in [-0.39, 0.29) is 21.1 Å². The molecule has 0 atom stereocenters. The molecule has 1 aromatic rings. The summed E-state index contributed by atoms with van der Waals surface area (Å²) in [5.74, 6) is -1.39. The first-order valence-corrected chi connectivity index (χ1v) is 5.90. The maximum atomic E-state index is 11.8. The van der Waals surface area contributed by atoms with Crippen molar-refractivity contribution in [3.8, 4) is 5.75 Å². The van der Waals surface area contributed by atoms with Crippen LogP contribution in [-0.2, 0) is 14.6 Å². The fourth-order valence-electron chi connectivity index (χ4n) is 1.59. The molecule has 16 heavy (non-hydrogen) atoms. The molecular weight excluding hydrogens is 232 g/mol. The number of rotatable bonds is 2. The Morgan fingerprint density at radius 2 is 2.00 bits per heavy atom. The van der Waals surface area contributed by atoms with Gasteiger partial charge in [0.05, 0.1) is 16.2 Å². The maximum absolute atomic E-state index is 11.8. The average molecular weight is 240 g/mol. The summed E-state index contributed by atoms with van der Waals surface area (Å²) in [5, 5.41) is 18.0. The second kappa shape index (κ2) is 3.34. The van der Waals surface area contributed by atoms with Crippen molar-refractivity contribution in [1.29, 1.82) is 0 Å². The minimum Gasteiger partial charge on any atom is -0.507 e. The summed E-state index contributed by atoms with van der Waals surface area (Å²) in [6.07, 6.45) is 0.630. The van der Waals surface area contributed by atoms with Crippen LogP contribution in [0, 0.1) is 0 Å². The zero-order valence-corrected chi connectivity index (χ0v) is 8.86. The molecule has 6 heteroatoms. The lowest BCUT2D eigenvalue weighted by Crippen LogP contribution is -2.05. The molecule has 1 aliphatic heterocycles. The molecule has 0 fully saturated rings. The van der Waals surface area contributed by atoms with Crippen molar-refractivity contribution in [2.45, 2.75) is 11.3 Å². The van der Waals surface area contributed by atoms with E-state index in [4.69, 9.17) is 5.11 Å². The Balaban J connectivity index is 2.61. The van der Waals surface area contributed by atoms with Crippen LogP contribution in [0.1, 0.15) is 12.0 Å². The van der Waals surface area contributed by atoms with Gasteiger partial charge in [-0.25, -0.2) is 8.42 Å². The van der Waals surface area contributed by atoms with Crippen molar-refractivity contribution < 1.29 is 23.4 Å². The van der Waals surface area contributed by atoms with E-state index in [1.807, 2.05) is 0 Å². The number of hydrogen-bond acceptors (Lipinski definition) is 4. The summed E-state index contributed by atoms with van der Waals surface area (Å²) in [4.78, 5) is 10.3. The third-order valence-corrected chi connectivity index (χ3v) is 4.20. The average Bonchev–Trinajstić information content (AvgIpc) is 2.41. The Morgan fingerprint density at radius 1 is 1.31 bits per heavy atom. The van der Waals surface area contributed by atoms with Gasteiger partial charge in [-0.2, -0.15) is 0 Å². The standard InChI is InChI=1S/C10H8O5S/c11-8-2-1-3-9-7(8)4-6(5-10(12)13)16(9,14)15/h1-4,11H,5H2,(H,12,13). The van der Waals surface area contributed by atoms with Crippen molar-refractivity contribution in [2.75, 3.05) is 0 Å². The van der Waals surface area contributed by atoms with Crippen molar-refractivity contribution in [3.05, 3.63) is 28.7 Å². The third-order valence-electron chi connectivity index (χ3n) is 2.31. The Morgan fingerprint density at radius 3 is 2.56 bits per heavy atom. The summed E-state index contributed by atoms with van der Waals surface area (Å²) in [6.45, 7) is 0. The monoisotopic (exact) mass is 240 g/mol. The van der Waals surface area contributed by atoms with E-state index in [1.54, 1.807) is 0 Å². The number of phenolic OH excluding ortho intramolecular Hbond substituents is 1. The van der Waals surface area contributed by atoms with E-state index in [2.05, 4.69) is 0 Å². The molecule has 0 saturated carbocycles. The molecule has 84 valence electrons. The van der Waals surface area contributed by atoms with E-state index < -0.39 is 22.2 Å². The summed E-state index contributed by atoms with van der Waals surface area (Å²) in [5.41, 5.74) is 0.166. The van der Waals surface area contributed by atoms with Crippen LogP contribution in [0.3, 0.4) is 0 Å². The Kier molecular flexibility index (Phi) is 2.23. The van der Waals surface area contributed by atoms with Crippen LogP contribution in [0.2, 0.25) is 0 Å². The summed E-state index contributed by atoms with van der Waals surface area (Å²) in [7, 11) is -3.74. The van der Waals surface area contributed by atoms with Crippen LogP contribution in [0.25, 0.3) is 6.08 Å². The lowest BCUT2D eigenvalue weighted by molar-refractivity contribution is -0.136. The van der Waals surface area contributed by atoms with Gasteiger partial charge < -0.3 is 10.2 Å². The smallest absolute Gasteiger partial charge is 0.308 e. The first kappa shape index (κ1) is 10.7. The van der Waals surface area contributed by atoms with Gasteiger partial charge >= 0.3 is 5.97 Å². The second-order valence-corrected chi connectivity index (χ2v) is 5.34. The van der Waals surface area contributed by atoms with Gasteiger partial charge in [-0.1, -0.05) is 6.07 Å². The van der Waals surface area contributed by atoms with Crippen LogP contribution in [0.5, 0.6) is 5.75 Å². The van der Waals surface area contributed by atoms with Crippen LogP contribution < -0.4 is 0 Å². The lowest BCUT2D eigenvalue weighted by Gasteiger charge is -2.01. The predicted molar refractivity (Wildman–Crippen MR) is 55.5 cm³/mol. The van der Waals surface area contributed by atoms with Crippen molar-refractivity contribution in [2.24, 2.45) is 0 Å². The van der Waals surface area contributed by atoms with Gasteiger partial charge in [-0.15, -0.1) is 0 Å². The van der Waals surface area contributed by atoms with Gasteiger partial charge in [0.25, 0.3) is 0 Å². The molecule has 0 aliphatic carbocycles. The molecule has 1 heterocycles. The van der Waals surface area contributed by atoms with Gasteiger partial charge in [0.15, 0.2) is 0 Å². The minimum absolute atomic E-state index is 0.0382. The summed E-state index contributed by atoms with van der Waals surface area (Å²) >= 11 is 0. The number of carbonyl (C=O) groups is 1. The van der Waals surface area contributed by atoms with Crippen LogP contribution in [0.4, 0.5) is 0 Å². The molecule has 0 unspecified atom stereocenters. The number of aliphatic carboxylic acids is 1. The first-order valence-electron chi connectivity index (χ1n) is 4.42. The summed E-state index contributed by atoms with van der Waals surface area (Å²) < 4.78 is 23.7. The highest BCUT2D eigenvalue weighted by atomic mass is 32.2. The highest BCUT2D eigenvalue weighted by Gasteiger charge is 2.32. The SMILES string of the molecule is O=C(O)CC1=Cc2c(O)cccc2S1(=O)=O. The Bertz CT molecular complexity index is 598. The highest BCUT2D eigenvalue weighted by Crippen LogP contribution is 2.38. The first-order chi connectivity index (χ1) is 7.43. The van der Waals surface area contributed by atoms with Crippen molar-refractivity contribution in [1.82, 2.24) is 0 Å². The number of carboxylic acid groups (broad SMARTS) is 1. The van der Waals surface area contributed by atoms with Gasteiger partial charge in [0.2, 0.25) is 9.84 Å². The number of phenols is 1. The largest absolute Gasteiger partial charge is 0.507 e. The van der Waals surface area contributed by atoms with Crippen LogP contribution in [0.15, 0.2) is 28.0 Å². The molecule has 0 bridgehead atoms. The third kappa shape index (κ3) is 1.47. The number of benzene rings is 1. The Labute approximate surface area is 91.6 Å².